The highest BCUT2D eigenvalue weighted by Crippen LogP contribution is 2.31. The van der Waals surface area contributed by atoms with Gasteiger partial charge in [-0.25, -0.2) is 0 Å². The Kier molecular flexibility index (Phi) is 7.44. The van der Waals surface area contributed by atoms with Crippen LogP contribution in [-0.2, 0) is 22.6 Å². The number of carbonyl (C=O) groups excluding carboxylic acids is 2. The lowest BCUT2D eigenvalue weighted by Gasteiger charge is -2.31. The second-order valence-electron chi connectivity index (χ2n) is 9.40. The molecule has 0 radical (unpaired) electrons. The van der Waals surface area contributed by atoms with Crippen LogP contribution in [0.3, 0.4) is 0 Å². The maximum absolute atomic E-state index is 13.3. The lowest BCUT2D eigenvalue weighted by Crippen LogP contribution is -2.52. The fourth-order valence-corrected chi connectivity index (χ4v) is 3.70. The number of nitrogens with one attached hydrogen (secondary N) is 1. The number of nitrogens with zero attached hydrogens (tertiary/aromatic N) is 1. The number of benzene rings is 2. The van der Waals surface area contributed by atoms with Gasteiger partial charge in [-0.05, 0) is 64.3 Å². The molecule has 1 aliphatic rings. The van der Waals surface area contributed by atoms with Crippen LogP contribution in [0.15, 0.2) is 42.5 Å². The van der Waals surface area contributed by atoms with E-state index in [1.165, 1.54) is 0 Å². The quantitative estimate of drug-likeness (QED) is 0.709. The Morgan fingerprint density at radius 1 is 1.03 bits per heavy atom. The van der Waals surface area contributed by atoms with Gasteiger partial charge >= 0.3 is 0 Å². The van der Waals surface area contributed by atoms with Gasteiger partial charge in [0.1, 0.15) is 19.3 Å². The fourth-order valence-electron chi connectivity index (χ4n) is 3.70. The van der Waals surface area contributed by atoms with E-state index in [0.29, 0.717) is 32.6 Å². The van der Waals surface area contributed by atoms with Crippen molar-refractivity contribution >= 4 is 11.8 Å². The summed E-state index contributed by atoms with van der Waals surface area (Å²) in [5.74, 6) is 1.24. The van der Waals surface area contributed by atoms with Gasteiger partial charge in [-0.15, -0.1) is 0 Å². The van der Waals surface area contributed by atoms with Crippen molar-refractivity contribution in [2.45, 2.75) is 65.6 Å². The third-order valence-corrected chi connectivity index (χ3v) is 5.34. The van der Waals surface area contributed by atoms with Crippen LogP contribution in [0.5, 0.6) is 11.5 Å². The lowest BCUT2D eigenvalue weighted by atomic mass is 10.1. The van der Waals surface area contributed by atoms with Crippen molar-refractivity contribution in [2.75, 3.05) is 13.2 Å². The van der Waals surface area contributed by atoms with Crippen molar-refractivity contribution in [1.82, 2.24) is 10.2 Å². The zero-order valence-corrected chi connectivity index (χ0v) is 19.7. The minimum atomic E-state index is -0.581. The maximum atomic E-state index is 13.3. The first-order chi connectivity index (χ1) is 15.1. The molecule has 2 aromatic rings. The Morgan fingerprint density at radius 2 is 1.75 bits per heavy atom. The molecular formula is C26H34N2O4. The standard InChI is InChI=1S/C26H34N2O4/c1-18-7-6-8-21(15-18)17-28(19(2)25(30)27-26(3,4)5)24(29)12-10-20-9-11-22-23(16-20)32-14-13-31-22/h6-9,11,15-16,19H,10,12-14,17H2,1-5H3,(H,27,30). The van der Waals surface area contributed by atoms with E-state index in [0.717, 1.165) is 28.2 Å². The Labute approximate surface area is 190 Å². The SMILES string of the molecule is Cc1cccc(CN(C(=O)CCc2ccc3c(c2)OCCO3)C(C)C(=O)NC(C)(C)C)c1. The van der Waals surface area contributed by atoms with Gasteiger partial charge in [-0.1, -0.05) is 35.9 Å². The zero-order chi connectivity index (χ0) is 23.3. The summed E-state index contributed by atoms with van der Waals surface area (Å²) in [4.78, 5) is 27.8. The van der Waals surface area contributed by atoms with Gasteiger partial charge in [-0.3, -0.25) is 9.59 Å². The molecule has 0 aliphatic carbocycles. The molecule has 0 fully saturated rings. The Balaban J connectivity index is 1.73. The van der Waals surface area contributed by atoms with E-state index in [4.69, 9.17) is 9.47 Å². The highest BCUT2D eigenvalue weighted by molar-refractivity contribution is 5.87. The summed E-state index contributed by atoms with van der Waals surface area (Å²) in [7, 11) is 0. The Hall–Kier alpha value is -3.02. The van der Waals surface area contributed by atoms with Crippen molar-refractivity contribution in [3.8, 4) is 11.5 Å². The minimum absolute atomic E-state index is 0.0574. The summed E-state index contributed by atoms with van der Waals surface area (Å²) in [6, 6.07) is 13.2. The fraction of sp³-hybridized carbons (Fsp3) is 0.462. The molecule has 2 amide bonds. The molecule has 3 rings (SSSR count). The highest BCUT2D eigenvalue weighted by atomic mass is 16.6. The summed E-state index contributed by atoms with van der Waals surface area (Å²) in [6.45, 7) is 11.1. The van der Waals surface area contributed by atoms with Crippen LogP contribution < -0.4 is 14.8 Å². The van der Waals surface area contributed by atoms with E-state index in [-0.39, 0.29) is 17.4 Å². The smallest absolute Gasteiger partial charge is 0.242 e. The number of ether oxygens (including phenoxy) is 2. The molecule has 0 aromatic heterocycles. The maximum Gasteiger partial charge on any atom is 0.242 e. The monoisotopic (exact) mass is 438 g/mol. The van der Waals surface area contributed by atoms with Crippen LogP contribution in [0.4, 0.5) is 0 Å². The molecule has 6 heteroatoms. The molecule has 0 spiro atoms. The molecule has 1 aliphatic heterocycles. The molecule has 172 valence electrons. The van der Waals surface area contributed by atoms with E-state index in [1.807, 2.05) is 64.1 Å². The highest BCUT2D eigenvalue weighted by Gasteiger charge is 2.28. The molecule has 1 atom stereocenters. The second-order valence-corrected chi connectivity index (χ2v) is 9.40. The lowest BCUT2D eigenvalue weighted by molar-refractivity contribution is -0.141. The molecule has 2 aromatic carbocycles. The van der Waals surface area contributed by atoms with Crippen molar-refractivity contribution < 1.29 is 19.1 Å². The number of hydrogen-bond donors (Lipinski definition) is 1. The molecule has 6 nitrogen and oxygen atoms in total. The first-order valence-electron chi connectivity index (χ1n) is 11.2. The largest absolute Gasteiger partial charge is 0.486 e. The summed E-state index contributed by atoms with van der Waals surface area (Å²) < 4.78 is 11.2. The molecule has 1 N–H and O–H groups in total. The van der Waals surface area contributed by atoms with Crippen molar-refractivity contribution in [3.63, 3.8) is 0 Å². The Bertz CT molecular complexity index is 965. The summed E-state index contributed by atoms with van der Waals surface area (Å²) in [5.41, 5.74) is 2.77. The predicted molar refractivity (Wildman–Crippen MR) is 125 cm³/mol. The van der Waals surface area contributed by atoms with E-state index in [1.54, 1.807) is 11.8 Å². The first kappa shape index (κ1) is 23.6. The average Bonchev–Trinajstić information content (AvgIpc) is 2.74. The molecule has 0 bridgehead atoms. The van der Waals surface area contributed by atoms with Gasteiger partial charge < -0.3 is 19.7 Å². The summed E-state index contributed by atoms with van der Waals surface area (Å²) in [6.07, 6.45) is 0.867. The predicted octanol–water partition coefficient (Wildman–Crippen LogP) is 4.03. The van der Waals surface area contributed by atoms with Crippen LogP contribution in [0.25, 0.3) is 0 Å². The number of carbonyl (C=O) groups is 2. The third-order valence-electron chi connectivity index (χ3n) is 5.34. The normalized spacial score (nSPS) is 13.9. The van der Waals surface area contributed by atoms with Crippen molar-refractivity contribution in [1.29, 1.82) is 0 Å². The van der Waals surface area contributed by atoms with E-state index in [9.17, 15) is 9.59 Å². The van der Waals surface area contributed by atoms with E-state index < -0.39 is 6.04 Å². The molecule has 1 unspecified atom stereocenters. The molecule has 0 saturated heterocycles. The topological polar surface area (TPSA) is 67.9 Å². The van der Waals surface area contributed by atoms with Gasteiger partial charge in [-0.2, -0.15) is 0 Å². The Morgan fingerprint density at radius 3 is 2.44 bits per heavy atom. The van der Waals surface area contributed by atoms with Gasteiger partial charge in [0.05, 0.1) is 0 Å². The van der Waals surface area contributed by atoms with Gasteiger partial charge in [0.15, 0.2) is 11.5 Å². The average molecular weight is 439 g/mol. The van der Waals surface area contributed by atoms with Crippen molar-refractivity contribution in [2.24, 2.45) is 0 Å². The third kappa shape index (κ3) is 6.49. The van der Waals surface area contributed by atoms with Crippen molar-refractivity contribution in [3.05, 3.63) is 59.2 Å². The molecular weight excluding hydrogens is 404 g/mol. The number of hydrogen-bond acceptors (Lipinski definition) is 4. The van der Waals surface area contributed by atoms with E-state index >= 15 is 0 Å². The van der Waals surface area contributed by atoms with Crippen LogP contribution in [0.2, 0.25) is 0 Å². The van der Waals surface area contributed by atoms with Crippen LogP contribution in [0, 0.1) is 6.92 Å². The number of amides is 2. The van der Waals surface area contributed by atoms with E-state index in [2.05, 4.69) is 11.4 Å². The minimum Gasteiger partial charge on any atom is -0.486 e. The number of rotatable bonds is 7. The number of aryl methyl sites for hydroxylation is 2. The van der Waals surface area contributed by atoms with Crippen LogP contribution in [0.1, 0.15) is 50.8 Å². The molecule has 1 heterocycles. The molecule has 32 heavy (non-hydrogen) atoms. The van der Waals surface area contributed by atoms with Crippen LogP contribution >= 0.6 is 0 Å². The van der Waals surface area contributed by atoms with Crippen LogP contribution in [-0.4, -0.2) is 41.5 Å². The van der Waals surface area contributed by atoms with Gasteiger partial charge in [0.25, 0.3) is 0 Å². The first-order valence-corrected chi connectivity index (χ1v) is 11.2. The molecule has 0 saturated carbocycles. The van der Waals surface area contributed by atoms with Gasteiger partial charge in [0, 0.05) is 18.5 Å². The second kappa shape index (κ2) is 10.1. The zero-order valence-electron chi connectivity index (χ0n) is 19.7. The number of fused-ring (bicyclic) bond motifs is 1. The summed E-state index contributed by atoms with van der Waals surface area (Å²) >= 11 is 0. The summed E-state index contributed by atoms with van der Waals surface area (Å²) in [5, 5.41) is 3.00. The van der Waals surface area contributed by atoms with Gasteiger partial charge in [0.2, 0.25) is 11.8 Å².